The van der Waals surface area contributed by atoms with Crippen LogP contribution in [0.5, 0.6) is 5.75 Å². The van der Waals surface area contributed by atoms with Gasteiger partial charge in [-0.15, -0.1) is 0 Å². The molecular formula is C16H18O9. The number of rotatable bonds is 7. The van der Waals surface area contributed by atoms with E-state index >= 15 is 0 Å². The second-order valence-corrected chi connectivity index (χ2v) is 5.53. The van der Waals surface area contributed by atoms with E-state index < -0.39 is 30.6 Å². The van der Waals surface area contributed by atoms with E-state index in [1.807, 2.05) is 0 Å². The number of carboxylic acids is 1. The quantitative estimate of drug-likeness (QED) is 0.451. The van der Waals surface area contributed by atoms with Crippen LogP contribution in [-0.4, -0.2) is 58.1 Å². The molecule has 0 saturated carbocycles. The number of hydrogen-bond donors (Lipinski definition) is 3. The summed E-state index contributed by atoms with van der Waals surface area (Å²) in [4.78, 5) is 33.1. The van der Waals surface area contributed by atoms with Crippen LogP contribution in [0.25, 0.3) is 0 Å². The number of benzene rings is 1. The fraction of sp³-hybridized carbons (Fsp3) is 0.438. The van der Waals surface area contributed by atoms with E-state index in [9.17, 15) is 24.6 Å². The standard InChI is InChI=1S/C16H18O9/c1-8(18)10-4-9(6-23-7-17)2-3-12(10)24-13-5-11(19)14(20)15(25-13)16(21)22/h2-4,7,11,13-15,19-20H,5-6H2,1H3,(H,21,22)/t11?,13?,14-,15?/m0/s1. The molecule has 1 aromatic carbocycles. The summed E-state index contributed by atoms with van der Waals surface area (Å²) in [5, 5.41) is 28.4. The van der Waals surface area contributed by atoms with E-state index in [2.05, 4.69) is 4.74 Å². The van der Waals surface area contributed by atoms with E-state index in [0.29, 0.717) is 5.56 Å². The van der Waals surface area contributed by atoms with Crippen molar-refractivity contribution in [1.82, 2.24) is 0 Å². The zero-order chi connectivity index (χ0) is 18.6. The minimum Gasteiger partial charge on any atom is -0.479 e. The first-order chi connectivity index (χ1) is 11.8. The third-order valence-electron chi connectivity index (χ3n) is 3.68. The van der Waals surface area contributed by atoms with Crippen molar-refractivity contribution in [3.05, 3.63) is 29.3 Å². The Hall–Kier alpha value is -2.49. The van der Waals surface area contributed by atoms with Gasteiger partial charge in [-0.1, -0.05) is 6.07 Å². The molecule has 3 N–H and O–H groups in total. The largest absolute Gasteiger partial charge is 0.479 e. The zero-order valence-electron chi connectivity index (χ0n) is 13.3. The second-order valence-electron chi connectivity index (χ2n) is 5.53. The van der Waals surface area contributed by atoms with Crippen LogP contribution in [0.15, 0.2) is 18.2 Å². The third-order valence-corrected chi connectivity index (χ3v) is 3.68. The Balaban J connectivity index is 2.19. The number of aliphatic hydroxyl groups excluding tert-OH is 2. The van der Waals surface area contributed by atoms with Crippen LogP contribution in [0.4, 0.5) is 0 Å². The Morgan fingerprint density at radius 3 is 2.68 bits per heavy atom. The fourth-order valence-corrected chi connectivity index (χ4v) is 2.43. The summed E-state index contributed by atoms with van der Waals surface area (Å²) in [7, 11) is 0. The average Bonchev–Trinajstić information content (AvgIpc) is 2.56. The summed E-state index contributed by atoms with van der Waals surface area (Å²) in [6.45, 7) is 1.58. The molecule has 9 heteroatoms. The lowest BCUT2D eigenvalue weighted by Gasteiger charge is -2.35. The van der Waals surface area contributed by atoms with Crippen molar-refractivity contribution in [2.24, 2.45) is 0 Å². The van der Waals surface area contributed by atoms with E-state index in [-0.39, 0.29) is 36.6 Å². The lowest BCUT2D eigenvalue weighted by molar-refractivity contribution is -0.228. The van der Waals surface area contributed by atoms with Gasteiger partial charge in [0.15, 0.2) is 11.9 Å². The molecule has 1 heterocycles. The van der Waals surface area contributed by atoms with Crippen molar-refractivity contribution < 1.29 is 43.9 Å². The SMILES string of the molecule is CC(=O)c1cc(COC=O)ccc1OC1CC(O)[C@H](O)C(C(=O)O)O1. The summed E-state index contributed by atoms with van der Waals surface area (Å²) in [6, 6.07) is 4.49. The molecule has 1 fully saturated rings. The number of aliphatic hydroxyl groups is 2. The molecule has 0 aliphatic carbocycles. The highest BCUT2D eigenvalue weighted by Crippen LogP contribution is 2.27. The van der Waals surface area contributed by atoms with Crippen LogP contribution in [0, 0.1) is 0 Å². The number of Topliss-reactive ketones (excluding diaryl/α,β-unsaturated/α-hetero) is 1. The number of carbonyl (C=O) groups is 3. The minimum absolute atomic E-state index is 0.0179. The van der Waals surface area contributed by atoms with Gasteiger partial charge in [-0.3, -0.25) is 9.59 Å². The summed E-state index contributed by atoms with van der Waals surface area (Å²) in [5.74, 6) is -1.64. The molecule has 0 radical (unpaired) electrons. The molecule has 0 bridgehead atoms. The van der Waals surface area contributed by atoms with Gasteiger partial charge in [0.1, 0.15) is 18.5 Å². The average molecular weight is 354 g/mol. The molecule has 25 heavy (non-hydrogen) atoms. The van der Waals surface area contributed by atoms with Gasteiger partial charge >= 0.3 is 5.97 Å². The van der Waals surface area contributed by atoms with Crippen molar-refractivity contribution in [3.8, 4) is 5.75 Å². The summed E-state index contributed by atoms with van der Waals surface area (Å²) >= 11 is 0. The van der Waals surface area contributed by atoms with Gasteiger partial charge in [0, 0.05) is 6.42 Å². The summed E-state index contributed by atoms with van der Waals surface area (Å²) < 4.78 is 15.3. The normalized spacial score (nSPS) is 25.9. The minimum atomic E-state index is -1.64. The number of ketones is 1. The highest BCUT2D eigenvalue weighted by atomic mass is 16.7. The molecule has 0 amide bonds. The van der Waals surface area contributed by atoms with Crippen LogP contribution in [0.1, 0.15) is 29.3 Å². The molecule has 9 nitrogen and oxygen atoms in total. The molecule has 4 atom stereocenters. The first-order valence-corrected chi connectivity index (χ1v) is 7.43. The molecule has 2 rings (SSSR count). The topological polar surface area (TPSA) is 140 Å². The first-order valence-electron chi connectivity index (χ1n) is 7.43. The zero-order valence-corrected chi connectivity index (χ0v) is 13.3. The number of carbonyl (C=O) groups excluding carboxylic acids is 2. The van der Waals surface area contributed by atoms with Gasteiger partial charge in [0.2, 0.25) is 6.29 Å². The van der Waals surface area contributed by atoms with E-state index in [0.717, 1.165) is 0 Å². The predicted octanol–water partition coefficient (Wildman–Crippen LogP) is -0.138. The first kappa shape index (κ1) is 18.8. The van der Waals surface area contributed by atoms with Crippen molar-refractivity contribution >= 4 is 18.2 Å². The van der Waals surface area contributed by atoms with E-state index in [4.69, 9.17) is 14.6 Å². The van der Waals surface area contributed by atoms with E-state index in [1.165, 1.54) is 19.1 Å². The number of aliphatic carboxylic acids is 1. The summed E-state index contributed by atoms with van der Waals surface area (Å²) in [6.07, 6.45) is -5.89. The Morgan fingerprint density at radius 1 is 1.36 bits per heavy atom. The maximum Gasteiger partial charge on any atom is 0.335 e. The highest BCUT2D eigenvalue weighted by Gasteiger charge is 2.42. The Morgan fingerprint density at radius 2 is 2.08 bits per heavy atom. The molecular weight excluding hydrogens is 336 g/mol. The lowest BCUT2D eigenvalue weighted by atomic mass is 10.0. The van der Waals surface area contributed by atoms with Crippen LogP contribution >= 0.6 is 0 Å². The van der Waals surface area contributed by atoms with Gasteiger partial charge in [0.05, 0.1) is 11.7 Å². The van der Waals surface area contributed by atoms with Crippen molar-refractivity contribution in [2.45, 2.75) is 44.6 Å². The third kappa shape index (κ3) is 4.53. The Labute approximate surface area is 142 Å². The number of ether oxygens (including phenoxy) is 3. The van der Waals surface area contributed by atoms with Crippen molar-refractivity contribution in [3.63, 3.8) is 0 Å². The van der Waals surface area contributed by atoms with Gasteiger partial charge < -0.3 is 29.5 Å². The molecule has 136 valence electrons. The monoisotopic (exact) mass is 354 g/mol. The smallest absolute Gasteiger partial charge is 0.335 e. The number of hydrogen-bond acceptors (Lipinski definition) is 8. The van der Waals surface area contributed by atoms with E-state index in [1.54, 1.807) is 6.07 Å². The van der Waals surface area contributed by atoms with Crippen LogP contribution in [-0.2, 0) is 25.7 Å². The summed E-state index contributed by atoms with van der Waals surface area (Å²) in [5.41, 5.74) is 0.746. The van der Waals surface area contributed by atoms with Crippen LogP contribution in [0.2, 0.25) is 0 Å². The van der Waals surface area contributed by atoms with Gasteiger partial charge in [-0.05, 0) is 24.6 Å². The highest BCUT2D eigenvalue weighted by molar-refractivity contribution is 5.97. The Kier molecular flexibility index (Phi) is 6.07. The molecule has 1 aliphatic rings. The maximum atomic E-state index is 11.8. The van der Waals surface area contributed by atoms with Crippen molar-refractivity contribution in [2.75, 3.05) is 0 Å². The molecule has 0 aromatic heterocycles. The maximum absolute atomic E-state index is 11.8. The van der Waals surface area contributed by atoms with Gasteiger partial charge in [-0.25, -0.2) is 4.79 Å². The molecule has 1 aromatic rings. The lowest BCUT2D eigenvalue weighted by Crippen LogP contribution is -2.53. The second kappa shape index (κ2) is 8.06. The van der Waals surface area contributed by atoms with Gasteiger partial charge in [-0.2, -0.15) is 0 Å². The van der Waals surface area contributed by atoms with Crippen molar-refractivity contribution in [1.29, 1.82) is 0 Å². The molecule has 3 unspecified atom stereocenters. The molecule has 1 saturated heterocycles. The number of carboxylic acid groups (broad SMARTS) is 1. The molecule has 0 spiro atoms. The van der Waals surface area contributed by atoms with Gasteiger partial charge in [0.25, 0.3) is 6.47 Å². The Bertz CT molecular complexity index is 657. The van der Waals surface area contributed by atoms with Crippen LogP contribution in [0.3, 0.4) is 0 Å². The molecule has 1 aliphatic heterocycles. The predicted molar refractivity (Wildman–Crippen MR) is 80.9 cm³/mol. The fourth-order valence-electron chi connectivity index (χ4n) is 2.43. The van der Waals surface area contributed by atoms with Crippen LogP contribution < -0.4 is 4.74 Å².